The second-order valence-electron chi connectivity index (χ2n) is 7.35. The molecule has 0 aliphatic heterocycles. The number of aromatic nitrogens is 3. The smallest absolute Gasteiger partial charge is 0.270 e. The quantitative estimate of drug-likeness (QED) is 0.662. The van der Waals surface area contributed by atoms with E-state index >= 15 is 0 Å². The van der Waals surface area contributed by atoms with Gasteiger partial charge in [0.25, 0.3) is 5.91 Å². The lowest BCUT2D eigenvalue weighted by Crippen LogP contribution is -2.26. The minimum Gasteiger partial charge on any atom is -0.367 e. The summed E-state index contributed by atoms with van der Waals surface area (Å²) < 4.78 is 0. The maximum Gasteiger partial charge on any atom is 0.270 e. The van der Waals surface area contributed by atoms with Crippen LogP contribution in [0.3, 0.4) is 0 Å². The van der Waals surface area contributed by atoms with Gasteiger partial charge in [0.15, 0.2) is 5.82 Å². The molecule has 1 saturated carbocycles. The highest BCUT2D eigenvalue weighted by molar-refractivity contribution is 5.93. The van der Waals surface area contributed by atoms with E-state index in [0.29, 0.717) is 29.9 Å². The number of benzene rings is 1. The van der Waals surface area contributed by atoms with Crippen LogP contribution in [0.5, 0.6) is 0 Å². The first kappa shape index (κ1) is 19.1. The molecule has 1 aliphatic carbocycles. The van der Waals surface area contributed by atoms with E-state index in [2.05, 4.69) is 25.6 Å². The zero-order valence-electron chi connectivity index (χ0n) is 16.3. The monoisotopic (exact) mass is 387 g/mol. The van der Waals surface area contributed by atoms with Crippen molar-refractivity contribution in [1.82, 2.24) is 20.3 Å². The van der Waals surface area contributed by atoms with E-state index < -0.39 is 0 Å². The summed E-state index contributed by atoms with van der Waals surface area (Å²) in [5, 5.41) is 6.45. The van der Waals surface area contributed by atoms with E-state index in [0.717, 1.165) is 24.0 Å². The van der Waals surface area contributed by atoms with Crippen LogP contribution < -0.4 is 10.6 Å². The summed E-state index contributed by atoms with van der Waals surface area (Å²) in [4.78, 5) is 26.1. The molecule has 0 spiro atoms. The number of nitrogens with zero attached hydrogens (tertiary/aromatic N) is 3. The Kier molecular flexibility index (Phi) is 6.10. The molecule has 29 heavy (non-hydrogen) atoms. The Hall–Kier alpha value is -3.28. The van der Waals surface area contributed by atoms with Gasteiger partial charge in [-0.1, -0.05) is 55.7 Å². The van der Waals surface area contributed by atoms with E-state index in [1.165, 1.54) is 19.3 Å². The molecule has 4 rings (SSSR count). The number of carbonyl (C=O) groups is 1. The lowest BCUT2D eigenvalue weighted by atomic mass is 9.95. The maximum absolute atomic E-state index is 12.8. The average molecular weight is 387 g/mol. The summed E-state index contributed by atoms with van der Waals surface area (Å²) in [6.07, 6.45) is 9.47. The lowest BCUT2D eigenvalue weighted by molar-refractivity contribution is 0.0946. The molecule has 2 heterocycles. The van der Waals surface area contributed by atoms with Gasteiger partial charge in [-0.15, -0.1) is 0 Å². The molecular formula is C23H25N5O. The minimum atomic E-state index is -0.222. The highest BCUT2D eigenvalue weighted by Gasteiger charge is 2.17. The van der Waals surface area contributed by atoms with Gasteiger partial charge in [0.2, 0.25) is 0 Å². The molecule has 6 heteroatoms. The van der Waals surface area contributed by atoms with E-state index in [4.69, 9.17) is 0 Å². The molecule has 6 nitrogen and oxygen atoms in total. The summed E-state index contributed by atoms with van der Waals surface area (Å²) in [5.41, 5.74) is 2.20. The number of pyridine rings is 1. The number of rotatable bonds is 6. The predicted octanol–water partition coefficient (Wildman–Crippen LogP) is 4.21. The van der Waals surface area contributed by atoms with Gasteiger partial charge in [0, 0.05) is 36.6 Å². The Balaban J connectivity index is 1.57. The van der Waals surface area contributed by atoms with Crippen LogP contribution in [0, 0.1) is 0 Å². The first-order valence-electron chi connectivity index (χ1n) is 10.2. The van der Waals surface area contributed by atoms with Crippen molar-refractivity contribution in [3.8, 4) is 11.4 Å². The standard InChI is InChI=1S/C23H25N5O/c29-23(25-16-17-8-7-13-24-15-17)20-14-21(26-19-11-5-2-6-12-19)28-22(27-20)18-9-3-1-4-10-18/h1,3-4,7-10,13-15,19H,2,5-6,11-12,16H2,(H,25,29)(H,26,27,28). The van der Waals surface area contributed by atoms with Gasteiger partial charge in [-0.05, 0) is 24.5 Å². The lowest BCUT2D eigenvalue weighted by Gasteiger charge is -2.23. The maximum atomic E-state index is 12.8. The number of hydrogen-bond donors (Lipinski definition) is 2. The van der Waals surface area contributed by atoms with Crippen LogP contribution in [0.15, 0.2) is 60.9 Å². The number of anilines is 1. The van der Waals surface area contributed by atoms with E-state index in [-0.39, 0.29) is 5.91 Å². The van der Waals surface area contributed by atoms with Crippen molar-refractivity contribution in [1.29, 1.82) is 0 Å². The van der Waals surface area contributed by atoms with Crippen molar-refractivity contribution in [2.75, 3.05) is 5.32 Å². The van der Waals surface area contributed by atoms with Crippen molar-refractivity contribution in [2.24, 2.45) is 0 Å². The average Bonchev–Trinajstić information content (AvgIpc) is 2.79. The van der Waals surface area contributed by atoms with Crippen LogP contribution in [0.2, 0.25) is 0 Å². The summed E-state index contributed by atoms with van der Waals surface area (Å²) >= 11 is 0. The van der Waals surface area contributed by atoms with Gasteiger partial charge in [-0.2, -0.15) is 0 Å². The van der Waals surface area contributed by atoms with Crippen molar-refractivity contribution in [3.63, 3.8) is 0 Å². The highest BCUT2D eigenvalue weighted by Crippen LogP contribution is 2.23. The second kappa shape index (κ2) is 9.28. The van der Waals surface area contributed by atoms with Gasteiger partial charge < -0.3 is 10.6 Å². The summed E-state index contributed by atoms with van der Waals surface area (Å²) in [7, 11) is 0. The van der Waals surface area contributed by atoms with Gasteiger partial charge in [-0.25, -0.2) is 9.97 Å². The first-order chi connectivity index (χ1) is 14.3. The Bertz CT molecular complexity index is 940. The van der Waals surface area contributed by atoms with Crippen LogP contribution in [0.4, 0.5) is 5.82 Å². The molecule has 0 atom stereocenters. The fraction of sp³-hybridized carbons (Fsp3) is 0.304. The Morgan fingerprint density at radius 3 is 2.59 bits per heavy atom. The molecule has 2 N–H and O–H groups in total. The third kappa shape index (κ3) is 5.16. The molecule has 0 radical (unpaired) electrons. The second-order valence-corrected chi connectivity index (χ2v) is 7.35. The van der Waals surface area contributed by atoms with Gasteiger partial charge in [0.1, 0.15) is 11.5 Å². The van der Waals surface area contributed by atoms with Crippen LogP contribution in [0.1, 0.15) is 48.2 Å². The van der Waals surface area contributed by atoms with Crippen molar-refractivity contribution >= 4 is 11.7 Å². The summed E-state index contributed by atoms with van der Waals surface area (Å²) in [6.45, 7) is 0.405. The van der Waals surface area contributed by atoms with E-state index in [1.54, 1.807) is 18.5 Å². The normalized spacial score (nSPS) is 14.3. The molecule has 148 valence electrons. The number of hydrogen-bond acceptors (Lipinski definition) is 5. The zero-order valence-corrected chi connectivity index (χ0v) is 16.3. The van der Waals surface area contributed by atoms with Crippen LogP contribution in [-0.2, 0) is 6.54 Å². The van der Waals surface area contributed by atoms with Crippen LogP contribution >= 0.6 is 0 Å². The van der Waals surface area contributed by atoms with Crippen molar-refractivity contribution < 1.29 is 4.79 Å². The molecule has 0 saturated heterocycles. The van der Waals surface area contributed by atoms with Gasteiger partial charge in [-0.3, -0.25) is 9.78 Å². The van der Waals surface area contributed by atoms with Crippen LogP contribution in [0.25, 0.3) is 11.4 Å². The highest BCUT2D eigenvalue weighted by atomic mass is 16.1. The third-order valence-electron chi connectivity index (χ3n) is 5.12. The Morgan fingerprint density at radius 1 is 1.00 bits per heavy atom. The van der Waals surface area contributed by atoms with Gasteiger partial charge >= 0.3 is 0 Å². The Labute approximate surface area is 170 Å². The molecule has 0 bridgehead atoms. The molecule has 1 fully saturated rings. The number of amides is 1. The number of nitrogens with one attached hydrogen (secondary N) is 2. The molecule has 1 aromatic carbocycles. The van der Waals surface area contributed by atoms with E-state index in [9.17, 15) is 4.79 Å². The van der Waals surface area contributed by atoms with Gasteiger partial charge in [0.05, 0.1) is 0 Å². The minimum absolute atomic E-state index is 0.222. The zero-order chi connectivity index (χ0) is 19.9. The molecule has 3 aromatic rings. The van der Waals surface area contributed by atoms with Crippen molar-refractivity contribution in [3.05, 3.63) is 72.2 Å². The summed E-state index contributed by atoms with van der Waals surface area (Å²) in [6, 6.07) is 15.7. The SMILES string of the molecule is O=C(NCc1cccnc1)c1cc(NC2CCCCC2)nc(-c2ccccc2)n1. The first-order valence-corrected chi connectivity index (χ1v) is 10.2. The molecule has 0 unspecified atom stereocenters. The van der Waals surface area contributed by atoms with Crippen LogP contribution in [-0.4, -0.2) is 26.9 Å². The predicted molar refractivity (Wildman–Crippen MR) is 113 cm³/mol. The Morgan fingerprint density at radius 2 is 1.83 bits per heavy atom. The third-order valence-corrected chi connectivity index (χ3v) is 5.12. The van der Waals surface area contributed by atoms with E-state index in [1.807, 2.05) is 42.5 Å². The molecule has 2 aromatic heterocycles. The largest absolute Gasteiger partial charge is 0.367 e. The van der Waals surface area contributed by atoms with Crippen molar-refractivity contribution in [2.45, 2.75) is 44.7 Å². The summed E-state index contributed by atoms with van der Waals surface area (Å²) in [5.74, 6) is 1.04. The fourth-order valence-electron chi connectivity index (χ4n) is 3.59. The molecule has 1 aliphatic rings. The number of carbonyl (C=O) groups excluding carboxylic acids is 1. The molecular weight excluding hydrogens is 362 g/mol. The fourth-order valence-corrected chi connectivity index (χ4v) is 3.59. The molecule has 1 amide bonds. The topological polar surface area (TPSA) is 79.8 Å².